The van der Waals surface area contributed by atoms with Gasteiger partial charge in [-0.05, 0) is 44.0 Å². The van der Waals surface area contributed by atoms with Crippen molar-refractivity contribution in [2.24, 2.45) is 0 Å². The van der Waals surface area contributed by atoms with E-state index in [0.717, 1.165) is 46.9 Å². The molecule has 0 spiro atoms. The van der Waals surface area contributed by atoms with Crippen LogP contribution in [0.2, 0.25) is 0 Å². The van der Waals surface area contributed by atoms with Gasteiger partial charge in [0.15, 0.2) is 0 Å². The highest BCUT2D eigenvalue weighted by atomic mass is 15.3. The van der Waals surface area contributed by atoms with E-state index in [4.69, 9.17) is 4.98 Å². The second-order valence-corrected chi connectivity index (χ2v) is 7.46. The maximum Gasteiger partial charge on any atom is 0.130 e. The number of nitrogens with zero attached hydrogens (tertiary/aromatic N) is 5. The molecule has 1 aliphatic heterocycles. The lowest BCUT2D eigenvalue weighted by atomic mass is 10.1. The molecule has 1 atom stereocenters. The zero-order valence-electron chi connectivity index (χ0n) is 16.1. The second kappa shape index (κ2) is 6.34. The molecule has 1 saturated heterocycles. The van der Waals surface area contributed by atoms with Gasteiger partial charge in [-0.2, -0.15) is 5.10 Å². The molecule has 6 nitrogen and oxygen atoms in total. The Morgan fingerprint density at radius 1 is 1.18 bits per heavy atom. The molecule has 6 heteroatoms. The molecule has 4 aromatic rings. The fraction of sp³-hybridized carbons (Fsp3) is 0.227. The zero-order chi connectivity index (χ0) is 19.3. The van der Waals surface area contributed by atoms with Gasteiger partial charge in [-0.3, -0.25) is 4.98 Å². The number of fused-ring (bicyclic) bond motifs is 1. The van der Waals surface area contributed by atoms with Gasteiger partial charge in [0.25, 0.3) is 0 Å². The molecule has 1 fully saturated rings. The summed E-state index contributed by atoms with van der Waals surface area (Å²) in [6, 6.07) is 10.4. The molecule has 5 rings (SSSR count). The van der Waals surface area contributed by atoms with Crippen molar-refractivity contribution in [2.45, 2.75) is 26.3 Å². The van der Waals surface area contributed by atoms with E-state index in [-0.39, 0.29) is 6.04 Å². The maximum absolute atomic E-state index is 4.94. The molecule has 4 heterocycles. The third kappa shape index (κ3) is 2.69. The highest BCUT2D eigenvalue weighted by Crippen LogP contribution is 2.40. The van der Waals surface area contributed by atoms with Crippen molar-refractivity contribution in [3.63, 3.8) is 0 Å². The van der Waals surface area contributed by atoms with E-state index in [9.17, 15) is 0 Å². The minimum Gasteiger partial charge on any atom is -0.355 e. The average Bonchev–Trinajstić information content (AvgIpc) is 3.41. The fourth-order valence-electron chi connectivity index (χ4n) is 4.01. The van der Waals surface area contributed by atoms with Crippen LogP contribution in [0.1, 0.15) is 29.5 Å². The summed E-state index contributed by atoms with van der Waals surface area (Å²) in [6.45, 7) is 9.17. The van der Waals surface area contributed by atoms with Crippen molar-refractivity contribution in [1.29, 1.82) is 0 Å². The highest BCUT2D eigenvalue weighted by molar-refractivity contribution is 5.79. The Kier molecular flexibility index (Phi) is 3.79. The normalized spacial score (nSPS) is 17.0. The first-order chi connectivity index (χ1) is 13.6. The summed E-state index contributed by atoms with van der Waals surface area (Å²) in [5.74, 6) is 0.976. The van der Waals surface area contributed by atoms with Crippen LogP contribution in [0, 0.1) is 13.8 Å². The van der Waals surface area contributed by atoms with Crippen LogP contribution in [-0.4, -0.2) is 31.3 Å². The summed E-state index contributed by atoms with van der Waals surface area (Å²) < 4.78 is 1.86. The van der Waals surface area contributed by atoms with Crippen LogP contribution in [0.15, 0.2) is 61.1 Å². The molecule has 1 aliphatic rings. The molecule has 1 aromatic carbocycles. The molecule has 0 bridgehead atoms. The van der Waals surface area contributed by atoms with Crippen molar-refractivity contribution in [3.8, 4) is 5.69 Å². The quantitative estimate of drug-likeness (QED) is 0.547. The standard InChI is InChI=1S/C22H22N6/c1-14-10-19(22-25-17-7-4-6-15(2)21(17)26-22)27(13-14)18-11-16(3)23-12-20(18)28-9-5-8-24-28/h4-9,11-12,19H,1,10,13H2,2-3H3,(H,25,26)/t19-/m0/s1. The van der Waals surface area contributed by atoms with Crippen molar-refractivity contribution in [3.05, 3.63) is 78.2 Å². The van der Waals surface area contributed by atoms with Crippen molar-refractivity contribution >= 4 is 16.7 Å². The highest BCUT2D eigenvalue weighted by Gasteiger charge is 2.33. The van der Waals surface area contributed by atoms with Crippen LogP contribution < -0.4 is 4.90 Å². The Morgan fingerprint density at radius 2 is 2.07 bits per heavy atom. The first-order valence-electron chi connectivity index (χ1n) is 9.45. The van der Waals surface area contributed by atoms with E-state index in [1.54, 1.807) is 6.20 Å². The largest absolute Gasteiger partial charge is 0.355 e. The van der Waals surface area contributed by atoms with Crippen LogP contribution in [0.25, 0.3) is 16.7 Å². The van der Waals surface area contributed by atoms with E-state index in [2.05, 4.69) is 57.7 Å². The average molecular weight is 370 g/mol. The first kappa shape index (κ1) is 16.7. The summed E-state index contributed by atoms with van der Waals surface area (Å²) in [6.07, 6.45) is 6.49. The Bertz CT molecular complexity index is 1170. The molecule has 1 N–H and O–H groups in total. The molecular weight excluding hydrogens is 348 g/mol. The topological polar surface area (TPSA) is 62.6 Å². The molecule has 0 unspecified atom stereocenters. The molecule has 140 valence electrons. The Labute approximate surface area is 163 Å². The molecule has 28 heavy (non-hydrogen) atoms. The van der Waals surface area contributed by atoms with Gasteiger partial charge in [-0.15, -0.1) is 0 Å². The summed E-state index contributed by atoms with van der Waals surface area (Å²) in [5, 5.41) is 4.42. The molecule has 0 amide bonds. The monoisotopic (exact) mass is 370 g/mol. The summed E-state index contributed by atoms with van der Waals surface area (Å²) in [5.41, 5.74) is 7.52. The number of nitrogens with one attached hydrogen (secondary N) is 1. The number of pyridine rings is 1. The minimum atomic E-state index is 0.107. The Balaban J connectivity index is 1.64. The summed E-state index contributed by atoms with van der Waals surface area (Å²) >= 11 is 0. The zero-order valence-corrected chi connectivity index (χ0v) is 16.1. The predicted molar refractivity (Wildman–Crippen MR) is 111 cm³/mol. The number of imidazole rings is 1. The van der Waals surface area contributed by atoms with Crippen LogP contribution in [0.3, 0.4) is 0 Å². The lowest BCUT2D eigenvalue weighted by molar-refractivity contribution is 0.685. The number of H-pyrrole nitrogens is 1. The van der Waals surface area contributed by atoms with Gasteiger partial charge in [0.2, 0.25) is 0 Å². The number of aromatic nitrogens is 5. The number of para-hydroxylation sites is 1. The van der Waals surface area contributed by atoms with E-state index in [1.807, 2.05) is 30.1 Å². The smallest absolute Gasteiger partial charge is 0.130 e. The maximum atomic E-state index is 4.94. The van der Waals surface area contributed by atoms with E-state index >= 15 is 0 Å². The number of aryl methyl sites for hydroxylation is 2. The fourth-order valence-corrected chi connectivity index (χ4v) is 4.01. The summed E-state index contributed by atoms with van der Waals surface area (Å²) in [7, 11) is 0. The molecule has 0 aliphatic carbocycles. The number of rotatable bonds is 3. The number of benzene rings is 1. The second-order valence-electron chi connectivity index (χ2n) is 7.46. The first-order valence-corrected chi connectivity index (χ1v) is 9.45. The third-order valence-corrected chi connectivity index (χ3v) is 5.36. The predicted octanol–water partition coefficient (Wildman–Crippen LogP) is 4.27. The van der Waals surface area contributed by atoms with Crippen LogP contribution in [-0.2, 0) is 0 Å². The number of hydrogen-bond acceptors (Lipinski definition) is 4. The molecule has 0 radical (unpaired) electrons. The van der Waals surface area contributed by atoms with Gasteiger partial charge in [-0.25, -0.2) is 9.67 Å². The van der Waals surface area contributed by atoms with Crippen LogP contribution >= 0.6 is 0 Å². The molecule has 0 saturated carbocycles. The van der Waals surface area contributed by atoms with E-state index in [0.29, 0.717) is 0 Å². The van der Waals surface area contributed by atoms with Gasteiger partial charge < -0.3 is 9.88 Å². The van der Waals surface area contributed by atoms with E-state index < -0.39 is 0 Å². The van der Waals surface area contributed by atoms with Gasteiger partial charge in [0.05, 0.1) is 29.0 Å². The lowest BCUT2D eigenvalue weighted by Crippen LogP contribution is -2.25. The van der Waals surface area contributed by atoms with Crippen molar-refractivity contribution in [2.75, 3.05) is 11.4 Å². The SMILES string of the molecule is C=C1C[C@@H](c2nc3c(C)cccc3[nH]2)N(c2cc(C)ncc2-n2cccn2)C1. The van der Waals surface area contributed by atoms with Crippen molar-refractivity contribution < 1.29 is 0 Å². The lowest BCUT2D eigenvalue weighted by Gasteiger charge is -2.27. The molecule has 3 aromatic heterocycles. The van der Waals surface area contributed by atoms with E-state index in [1.165, 1.54) is 11.1 Å². The number of anilines is 1. The number of aromatic amines is 1. The Morgan fingerprint density at radius 3 is 2.86 bits per heavy atom. The summed E-state index contributed by atoms with van der Waals surface area (Å²) in [4.78, 5) is 15.3. The minimum absolute atomic E-state index is 0.107. The van der Waals surface area contributed by atoms with Crippen molar-refractivity contribution in [1.82, 2.24) is 24.7 Å². The van der Waals surface area contributed by atoms with Gasteiger partial charge in [-0.1, -0.05) is 24.3 Å². The van der Waals surface area contributed by atoms with Gasteiger partial charge >= 0.3 is 0 Å². The third-order valence-electron chi connectivity index (χ3n) is 5.36. The van der Waals surface area contributed by atoms with Gasteiger partial charge in [0.1, 0.15) is 11.5 Å². The number of hydrogen-bond donors (Lipinski definition) is 1. The molecular formula is C22H22N6. The van der Waals surface area contributed by atoms with Crippen LogP contribution in [0.5, 0.6) is 0 Å². The van der Waals surface area contributed by atoms with Gasteiger partial charge in [0, 0.05) is 24.6 Å². The van der Waals surface area contributed by atoms with Crippen LogP contribution in [0.4, 0.5) is 5.69 Å². The Hall–Kier alpha value is -3.41.